The highest BCUT2D eigenvalue weighted by Crippen LogP contribution is 2.48. The van der Waals surface area contributed by atoms with E-state index in [2.05, 4.69) is 186 Å². The van der Waals surface area contributed by atoms with Gasteiger partial charge in [0.05, 0.1) is 0 Å². The zero-order chi connectivity index (χ0) is 33.9. The van der Waals surface area contributed by atoms with E-state index in [1.54, 1.807) is 0 Å². The van der Waals surface area contributed by atoms with Crippen LogP contribution < -0.4 is 10.9 Å². The molecule has 0 saturated heterocycles. The van der Waals surface area contributed by atoms with Gasteiger partial charge in [-0.05, 0) is 113 Å². The standard InChI is InChI=1S/C50H30BN/c1-2-10-31(11-3-1)38-22-23-42-44-27-40(37-21-19-33-13-5-7-15-35(33)25-37)29-46-45-28-39(36-20-18-32-12-4-6-14-34(32)24-36)26-43-41-16-8-9-17-47(41)51(48(42)30-38)52(49(43)45)50(44)46/h1-30H. The summed E-state index contributed by atoms with van der Waals surface area (Å²) >= 11 is 0. The molecule has 0 bridgehead atoms. The van der Waals surface area contributed by atoms with Crippen molar-refractivity contribution >= 4 is 61.1 Å². The Bertz CT molecular complexity index is 3130. The van der Waals surface area contributed by atoms with Gasteiger partial charge < -0.3 is 4.48 Å². The van der Waals surface area contributed by atoms with Crippen LogP contribution in [0.25, 0.3) is 99.0 Å². The fourth-order valence-electron chi connectivity index (χ4n) is 9.32. The van der Waals surface area contributed by atoms with Gasteiger partial charge in [-0.1, -0.05) is 146 Å². The lowest BCUT2D eigenvalue weighted by molar-refractivity contribution is 1.31. The van der Waals surface area contributed by atoms with Crippen molar-refractivity contribution in [1.82, 2.24) is 4.48 Å². The average Bonchev–Trinajstić information content (AvgIpc) is 3.55. The Morgan fingerprint density at radius 3 is 1.42 bits per heavy atom. The molecule has 0 fully saturated rings. The molecule has 0 saturated carbocycles. The van der Waals surface area contributed by atoms with Gasteiger partial charge in [-0.2, -0.15) is 0 Å². The molecule has 0 spiro atoms. The van der Waals surface area contributed by atoms with Gasteiger partial charge in [0.25, 0.3) is 0 Å². The third kappa shape index (κ3) is 3.89. The topological polar surface area (TPSA) is 4.93 Å². The van der Waals surface area contributed by atoms with Crippen LogP contribution in [0.3, 0.4) is 0 Å². The first-order valence-corrected chi connectivity index (χ1v) is 18.2. The zero-order valence-electron chi connectivity index (χ0n) is 28.3. The fraction of sp³-hybridized carbons (Fsp3) is 0. The molecule has 0 unspecified atom stereocenters. The summed E-state index contributed by atoms with van der Waals surface area (Å²) in [5, 5.41) is 7.69. The van der Waals surface area contributed by atoms with Crippen LogP contribution >= 0.6 is 0 Å². The first-order chi connectivity index (χ1) is 25.8. The summed E-state index contributed by atoms with van der Waals surface area (Å²) in [7, 11) is 0. The van der Waals surface area contributed by atoms with Gasteiger partial charge in [-0.3, -0.25) is 0 Å². The van der Waals surface area contributed by atoms with Crippen molar-refractivity contribution < 1.29 is 0 Å². The van der Waals surface area contributed by atoms with Crippen molar-refractivity contribution in [2.24, 2.45) is 0 Å². The molecule has 1 nitrogen and oxygen atoms in total. The lowest BCUT2D eigenvalue weighted by Gasteiger charge is -2.33. The quantitative estimate of drug-likeness (QED) is 0.167. The maximum absolute atomic E-state index is 2.68. The lowest BCUT2D eigenvalue weighted by Crippen LogP contribution is -2.53. The molecule has 52 heavy (non-hydrogen) atoms. The van der Waals surface area contributed by atoms with E-state index in [0.717, 1.165) is 0 Å². The van der Waals surface area contributed by atoms with Crippen LogP contribution in [0.5, 0.6) is 0 Å². The third-order valence-electron chi connectivity index (χ3n) is 11.7. The fourth-order valence-corrected chi connectivity index (χ4v) is 9.32. The summed E-state index contributed by atoms with van der Waals surface area (Å²) in [5.74, 6) is 0. The van der Waals surface area contributed by atoms with E-state index in [1.807, 2.05) is 0 Å². The van der Waals surface area contributed by atoms with Crippen molar-refractivity contribution in [3.05, 3.63) is 182 Å². The van der Waals surface area contributed by atoms with E-state index in [9.17, 15) is 0 Å². The highest BCUT2D eigenvalue weighted by Gasteiger charge is 2.39. The molecule has 2 aliphatic heterocycles. The molecular weight excluding hydrogens is 625 g/mol. The highest BCUT2D eigenvalue weighted by molar-refractivity contribution is 6.88. The normalized spacial score (nSPS) is 12.6. The molecule has 2 aliphatic rings. The Balaban J connectivity index is 1.21. The summed E-state index contributed by atoms with van der Waals surface area (Å²) in [6.45, 7) is 0.0768. The molecule has 1 aromatic heterocycles. The number of benzene rings is 9. The second kappa shape index (κ2) is 10.4. The van der Waals surface area contributed by atoms with Crippen LogP contribution in [0.15, 0.2) is 182 Å². The number of aromatic nitrogens is 1. The van der Waals surface area contributed by atoms with Crippen molar-refractivity contribution in [2.45, 2.75) is 0 Å². The summed E-state index contributed by atoms with van der Waals surface area (Å²) in [6.07, 6.45) is 0. The number of hydrogen-bond donors (Lipinski definition) is 0. The molecule has 0 amide bonds. The molecule has 10 aromatic rings. The average molecular weight is 656 g/mol. The van der Waals surface area contributed by atoms with Gasteiger partial charge in [-0.15, -0.1) is 0 Å². The van der Waals surface area contributed by atoms with Crippen LogP contribution in [-0.2, 0) is 0 Å². The monoisotopic (exact) mass is 655 g/mol. The maximum atomic E-state index is 2.68. The van der Waals surface area contributed by atoms with Crippen molar-refractivity contribution in [3.8, 4) is 55.6 Å². The van der Waals surface area contributed by atoms with Crippen molar-refractivity contribution in [2.75, 3.05) is 0 Å². The predicted octanol–water partition coefficient (Wildman–Crippen LogP) is 11.7. The number of nitrogens with zero attached hydrogens (tertiary/aromatic N) is 1. The van der Waals surface area contributed by atoms with Gasteiger partial charge in [-0.25, -0.2) is 0 Å². The second-order valence-electron chi connectivity index (χ2n) is 14.5. The molecule has 0 aliphatic carbocycles. The predicted molar refractivity (Wildman–Crippen MR) is 222 cm³/mol. The van der Waals surface area contributed by atoms with Crippen LogP contribution in [-0.4, -0.2) is 11.3 Å². The van der Waals surface area contributed by atoms with Crippen molar-refractivity contribution in [1.29, 1.82) is 0 Å². The Morgan fingerprint density at radius 1 is 0.288 bits per heavy atom. The minimum Gasteiger partial charge on any atom is -0.375 e. The van der Waals surface area contributed by atoms with E-state index < -0.39 is 0 Å². The summed E-state index contributed by atoms with van der Waals surface area (Å²) < 4.78 is 2.68. The van der Waals surface area contributed by atoms with Gasteiger partial charge in [0, 0.05) is 32.9 Å². The largest absolute Gasteiger partial charge is 0.375 e. The first kappa shape index (κ1) is 28.1. The highest BCUT2D eigenvalue weighted by atomic mass is 14.9. The third-order valence-corrected chi connectivity index (χ3v) is 11.7. The van der Waals surface area contributed by atoms with Crippen LogP contribution in [0.1, 0.15) is 0 Å². The van der Waals surface area contributed by atoms with Crippen LogP contribution in [0.2, 0.25) is 0 Å². The second-order valence-corrected chi connectivity index (χ2v) is 14.5. The van der Waals surface area contributed by atoms with Crippen molar-refractivity contribution in [3.63, 3.8) is 0 Å². The Kier molecular flexibility index (Phi) is 5.65. The molecule has 9 aromatic carbocycles. The van der Waals surface area contributed by atoms with Crippen LogP contribution in [0, 0.1) is 0 Å². The number of fused-ring (bicyclic) bond motifs is 9. The van der Waals surface area contributed by atoms with Gasteiger partial charge in [0.2, 0.25) is 0 Å². The van der Waals surface area contributed by atoms with E-state index in [0.29, 0.717) is 0 Å². The van der Waals surface area contributed by atoms with Crippen LogP contribution in [0.4, 0.5) is 0 Å². The molecule has 0 atom stereocenters. The summed E-state index contributed by atoms with van der Waals surface area (Å²) in [5.41, 5.74) is 18.1. The molecule has 3 heterocycles. The molecule has 2 heteroatoms. The van der Waals surface area contributed by atoms with E-state index in [-0.39, 0.29) is 6.85 Å². The summed E-state index contributed by atoms with van der Waals surface area (Å²) in [6, 6.07) is 68.1. The number of hydrogen-bond acceptors (Lipinski definition) is 0. The Morgan fingerprint density at radius 2 is 0.788 bits per heavy atom. The summed E-state index contributed by atoms with van der Waals surface area (Å²) in [4.78, 5) is 0. The number of rotatable bonds is 3. The molecule has 238 valence electrons. The molecule has 12 rings (SSSR count). The minimum absolute atomic E-state index is 0.0768. The zero-order valence-corrected chi connectivity index (χ0v) is 28.3. The SMILES string of the molecule is c1ccc(-c2ccc3c(c2)B2c4ccccc4-c4cc(-c5ccc6ccccc6c5)cc5c6cc(-c7ccc8ccccc8c7)cc-3c6n2c45)cc1. The first-order valence-electron chi connectivity index (χ1n) is 18.2. The molecule has 0 radical (unpaired) electrons. The Hall–Kier alpha value is -6.64. The van der Waals surface area contributed by atoms with E-state index >= 15 is 0 Å². The Labute approximate surface area is 302 Å². The van der Waals surface area contributed by atoms with Gasteiger partial charge in [0.15, 0.2) is 0 Å². The minimum atomic E-state index is 0.0768. The van der Waals surface area contributed by atoms with E-state index in [1.165, 1.54) is 110 Å². The maximum Gasteiger partial charge on any atom is 0.329 e. The van der Waals surface area contributed by atoms with Gasteiger partial charge >= 0.3 is 6.85 Å². The molecule has 0 N–H and O–H groups in total. The smallest absolute Gasteiger partial charge is 0.329 e. The lowest BCUT2D eigenvalue weighted by atomic mass is 9.45. The van der Waals surface area contributed by atoms with Gasteiger partial charge in [0.1, 0.15) is 0 Å². The molecular formula is C50H30BN. The van der Waals surface area contributed by atoms with E-state index in [4.69, 9.17) is 0 Å².